The zero-order valence-electron chi connectivity index (χ0n) is 12.0. The molecule has 4 nitrogen and oxygen atoms in total. The highest BCUT2D eigenvalue weighted by Gasteiger charge is 2.35. The minimum absolute atomic E-state index is 0.283. The predicted molar refractivity (Wildman–Crippen MR) is 83.6 cm³/mol. The minimum Gasteiger partial charge on any atom is -0.326 e. The molecule has 116 valence electrons. The van der Waals surface area contributed by atoms with Gasteiger partial charge in [-0.3, -0.25) is 0 Å². The summed E-state index contributed by atoms with van der Waals surface area (Å²) in [6, 6.07) is 4.86. The van der Waals surface area contributed by atoms with Gasteiger partial charge >= 0.3 is 0 Å². The van der Waals surface area contributed by atoms with Gasteiger partial charge in [-0.1, -0.05) is 17.7 Å². The van der Waals surface area contributed by atoms with E-state index >= 15 is 0 Å². The third-order valence-corrected chi connectivity index (χ3v) is 6.38. The second-order valence-corrected chi connectivity index (χ2v) is 8.51. The molecule has 2 aliphatic carbocycles. The van der Waals surface area contributed by atoms with E-state index in [1.54, 1.807) is 16.4 Å². The van der Waals surface area contributed by atoms with Crippen molar-refractivity contribution in [2.45, 2.75) is 37.1 Å². The minimum atomic E-state index is -3.45. The van der Waals surface area contributed by atoms with Gasteiger partial charge in [-0.15, -0.1) is 0 Å². The molecular weight excluding hydrogens is 308 g/mol. The maximum atomic E-state index is 12.8. The normalized spacial score (nSPS) is 19.2. The first kappa shape index (κ1) is 15.3. The topological polar surface area (TPSA) is 63.4 Å². The molecule has 2 aliphatic rings. The lowest BCUT2D eigenvalue weighted by atomic mass is 10.2. The van der Waals surface area contributed by atoms with E-state index in [0.29, 0.717) is 36.5 Å². The maximum absolute atomic E-state index is 12.8. The van der Waals surface area contributed by atoms with Gasteiger partial charge < -0.3 is 5.73 Å². The monoisotopic (exact) mass is 328 g/mol. The van der Waals surface area contributed by atoms with Crippen LogP contribution in [-0.2, 0) is 16.6 Å². The van der Waals surface area contributed by atoms with Crippen LogP contribution in [0, 0.1) is 11.8 Å². The molecule has 0 amide bonds. The molecule has 1 aromatic carbocycles. The number of hydrogen-bond donors (Lipinski definition) is 1. The first-order valence-corrected chi connectivity index (χ1v) is 9.31. The van der Waals surface area contributed by atoms with Crippen molar-refractivity contribution in [2.75, 3.05) is 13.1 Å². The van der Waals surface area contributed by atoms with Gasteiger partial charge in [0.1, 0.15) is 0 Å². The summed E-state index contributed by atoms with van der Waals surface area (Å²) in [4.78, 5) is 0.283. The summed E-state index contributed by atoms with van der Waals surface area (Å²) < 4.78 is 27.4. The van der Waals surface area contributed by atoms with Crippen LogP contribution in [0.15, 0.2) is 23.1 Å². The van der Waals surface area contributed by atoms with Gasteiger partial charge in [0.25, 0.3) is 0 Å². The van der Waals surface area contributed by atoms with Crippen molar-refractivity contribution in [1.29, 1.82) is 0 Å². The molecule has 6 heteroatoms. The number of nitrogens with two attached hydrogens (primary N) is 1. The second-order valence-electron chi connectivity index (χ2n) is 6.17. The summed E-state index contributed by atoms with van der Waals surface area (Å²) in [5.74, 6) is 1.08. The molecule has 0 atom stereocenters. The molecule has 1 aromatic rings. The highest BCUT2D eigenvalue weighted by Crippen LogP contribution is 2.36. The van der Waals surface area contributed by atoms with Gasteiger partial charge in [0, 0.05) is 24.7 Å². The molecule has 2 saturated carbocycles. The van der Waals surface area contributed by atoms with Gasteiger partial charge in [-0.05, 0) is 55.2 Å². The quantitative estimate of drug-likeness (QED) is 0.836. The Morgan fingerprint density at radius 3 is 2.14 bits per heavy atom. The number of benzene rings is 1. The Hall–Kier alpha value is -0.620. The Bertz CT molecular complexity index is 611. The summed E-state index contributed by atoms with van der Waals surface area (Å²) in [6.45, 7) is 1.61. The van der Waals surface area contributed by atoms with Gasteiger partial charge in [0.15, 0.2) is 0 Å². The highest BCUT2D eigenvalue weighted by molar-refractivity contribution is 7.89. The van der Waals surface area contributed by atoms with E-state index in [4.69, 9.17) is 17.3 Å². The van der Waals surface area contributed by atoms with Crippen molar-refractivity contribution in [3.63, 3.8) is 0 Å². The lowest BCUT2D eigenvalue weighted by Crippen LogP contribution is -2.34. The third-order valence-electron chi connectivity index (χ3n) is 4.20. The molecular formula is C15H21ClN2O2S. The lowest BCUT2D eigenvalue weighted by Gasteiger charge is -2.22. The SMILES string of the molecule is NCc1ccc(S(=O)(=O)N(CC2CC2)CC2CC2)cc1Cl. The van der Waals surface area contributed by atoms with E-state index in [0.717, 1.165) is 31.2 Å². The maximum Gasteiger partial charge on any atom is 0.243 e. The van der Waals surface area contributed by atoms with E-state index in [9.17, 15) is 8.42 Å². The van der Waals surface area contributed by atoms with Crippen molar-refractivity contribution in [3.8, 4) is 0 Å². The molecule has 0 saturated heterocycles. The van der Waals surface area contributed by atoms with Crippen molar-refractivity contribution >= 4 is 21.6 Å². The van der Waals surface area contributed by atoms with Crippen LogP contribution in [0.4, 0.5) is 0 Å². The standard InChI is InChI=1S/C15H21ClN2O2S/c16-15-7-14(6-5-13(15)8-17)21(19,20)18(9-11-1-2-11)10-12-3-4-12/h5-7,11-12H,1-4,8-10,17H2. The van der Waals surface area contributed by atoms with Crippen LogP contribution >= 0.6 is 11.6 Å². The van der Waals surface area contributed by atoms with Gasteiger partial charge in [-0.2, -0.15) is 4.31 Å². The summed E-state index contributed by atoms with van der Waals surface area (Å²) in [5, 5.41) is 0.427. The molecule has 0 radical (unpaired) electrons. The first-order valence-electron chi connectivity index (χ1n) is 7.49. The van der Waals surface area contributed by atoms with Crippen LogP contribution in [0.1, 0.15) is 31.2 Å². The zero-order chi connectivity index (χ0) is 15.0. The molecule has 0 aromatic heterocycles. The average molecular weight is 329 g/mol. The van der Waals surface area contributed by atoms with Crippen LogP contribution in [0.5, 0.6) is 0 Å². The second kappa shape index (κ2) is 5.88. The lowest BCUT2D eigenvalue weighted by molar-refractivity contribution is 0.382. The molecule has 0 heterocycles. The molecule has 2 fully saturated rings. The number of hydrogen-bond acceptors (Lipinski definition) is 3. The van der Waals surface area contributed by atoms with Gasteiger partial charge in [0.2, 0.25) is 10.0 Å². The Balaban J connectivity index is 1.86. The number of sulfonamides is 1. The Labute approximate surface area is 131 Å². The smallest absolute Gasteiger partial charge is 0.243 e. The summed E-state index contributed by atoms with van der Waals surface area (Å²) in [7, 11) is -3.45. The molecule has 0 spiro atoms. The molecule has 0 aliphatic heterocycles. The van der Waals surface area contributed by atoms with Gasteiger partial charge in [-0.25, -0.2) is 8.42 Å². The summed E-state index contributed by atoms with van der Waals surface area (Å²) >= 11 is 6.11. The highest BCUT2D eigenvalue weighted by atomic mass is 35.5. The van der Waals surface area contributed by atoms with E-state index in [1.807, 2.05) is 0 Å². The van der Waals surface area contributed by atoms with Crippen LogP contribution < -0.4 is 5.73 Å². The van der Waals surface area contributed by atoms with E-state index in [2.05, 4.69) is 0 Å². The zero-order valence-corrected chi connectivity index (χ0v) is 13.5. The number of rotatable bonds is 7. The Morgan fingerprint density at radius 1 is 1.14 bits per heavy atom. The largest absolute Gasteiger partial charge is 0.326 e. The van der Waals surface area contributed by atoms with Crippen LogP contribution in [0.3, 0.4) is 0 Å². The van der Waals surface area contributed by atoms with E-state index < -0.39 is 10.0 Å². The summed E-state index contributed by atoms with van der Waals surface area (Å²) in [5.41, 5.74) is 6.34. The van der Waals surface area contributed by atoms with Crippen molar-refractivity contribution in [3.05, 3.63) is 28.8 Å². The first-order chi connectivity index (χ1) is 10.0. The molecule has 0 unspecified atom stereocenters. The third kappa shape index (κ3) is 3.59. The Morgan fingerprint density at radius 2 is 1.71 bits per heavy atom. The number of halogens is 1. The molecule has 3 rings (SSSR count). The summed E-state index contributed by atoms with van der Waals surface area (Å²) in [6.07, 6.45) is 4.57. The molecule has 21 heavy (non-hydrogen) atoms. The van der Waals surface area contributed by atoms with E-state index in [1.165, 1.54) is 6.07 Å². The van der Waals surface area contributed by atoms with Crippen molar-refractivity contribution in [2.24, 2.45) is 17.6 Å². The van der Waals surface area contributed by atoms with Crippen LogP contribution in [-0.4, -0.2) is 25.8 Å². The fraction of sp³-hybridized carbons (Fsp3) is 0.600. The van der Waals surface area contributed by atoms with Crippen molar-refractivity contribution in [1.82, 2.24) is 4.31 Å². The van der Waals surface area contributed by atoms with Crippen molar-refractivity contribution < 1.29 is 8.42 Å². The molecule has 0 bridgehead atoms. The van der Waals surface area contributed by atoms with E-state index in [-0.39, 0.29) is 4.90 Å². The molecule has 2 N–H and O–H groups in total. The fourth-order valence-electron chi connectivity index (χ4n) is 2.45. The predicted octanol–water partition coefficient (Wildman–Crippen LogP) is 2.61. The Kier molecular flexibility index (Phi) is 4.28. The average Bonchev–Trinajstić information content (AvgIpc) is 3.33. The van der Waals surface area contributed by atoms with Gasteiger partial charge in [0.05, 0.1) is 4.90 Å². The fourth-order valence-corrected chi connectivity index (χ4v) is 4.39. The number of nitrogens with zero attached hydrogens (tertiary/aromatic N) is 1. The van der Waals surface area contributed by atoms with Crippen LogP contribution in [0.2, 0.25) is 5.02 Å². The van der Waals surface area contributed by atoms with Crippen LogP contribution in [0.25, 0.3) is 0 Å².